The van der Waals surface area contributed by atoms with Gasteiger partial charge in [0, 0.05) is 44.2 Å². The van der Waals surface area contributed by atoms with Gasteiger partial charge in [0.2, 0.25) is 5.91 Å². The van der Waals surface area contributed by atoms with E-state index in [9.17, 15) is 4.79 Å². The monoisotopic (exact) mass is 354 g/mol. The molecule has 0 bridgehead atoms. The summed E-state index contributed by atoms with van der Waals surface area (Å²) in [5.41, 5.74) is 8.98. The van der Waals surface area contributed by atoms with E-state index in [1.165, 1.54) is 0 Å². The highest BCUT2D eigenvalue weighted by molar-refractivity contribution is 5.82. The summed E-state index contributed by atoms with van der Waals surface area (Å²) in [4.78, 5) is 30.0. The number of carbonyl (C=O) groups is 1. The number of carbonyl (C=O) groups excluding carboxylic acids is 1. The Morgan fingerprint density at radius 1 is 1.23 bits per heavy atom. The number of amides is 1. The van der Waals surface area contributed by atoms with Gasteiger partial charge >= 0.3 is 0 Å². The zero-order valence-corrected chi connectivity index (χ0v) is 15.8. The van der Waals surface area contributed by atoms with Crippen molar-refractivity contribution in [3.63, 3.8) is 0 Å². The molecular formula is C19H26N6O. The molecule has 0 radical (unpaired) electrons. The lowest BCUT2D eigenvalue weighted by molar-refractivity contribution is -0.134. The van der Waals surface area contributed by atoms with E-state index >= 15 is 0 Å². The second kappa shape index (κ2) is 7.37. The van der Waals surface area contributed by atoms with Crippen LogP contribution < -0.4 is 10.6 Å². The smallest absolute Gasteiger partial charge is 0.240 e. The molecule has 0 saturated carbocycles. The number of nitrogens with two attached hydrogens (primary N) is 1. The second-order valence-corrected chi connectivity index (χ2v) is 7.21. The summed E-state index contributed by atoms with van der Waals surface area (Å²) in [5, 5.41) is 0. The van der Waals surface area contributed by atoms with Crippen LogP contribution in [0.15, 0.2) is 24.5 Å². The number of pyridine rings is 1. The fourth-order valence-corrected chi connectivity index (χ4v) is 3.09. The maximum Gasteiger partial charge on any atom is 0.240 e. The Morgan fingerprint density at radius 3 is 2.54 bits per heavy atom. The molecule has 26 heavy (non-hydrogen) atoms. The van der Waals surface area contributed by atoms with Crippen molar-refractivity contribution in [1.29, 1.82) is 0 Å². The lowest BCUT2D eigenvalue weighted by atomic mass is 10.0. The molecule has 1 aliphatic heterocycles. The summed E-state index contributed by atoms with van der Waals surface area (Å²) < 4.78 is 0. The molecule has 1 atom stereocenters. The molecule has 138 valence electrons. The normalized spacial score (nSPS) is 14.9. The minimum Gasteiger partial charge on any atom is -0.362 e. The third-order valence-corrected chi connectivity index (χ3v) is 4.72. The molecule has 2 N–H and O–H groups in total. The second-order valence-electron chi connectivity index (χ2n) is 7.21. The zero-order chi connectivity index (χ0) is 18.8. The average molecular weight is 354 g/mol. The van der Waals surface area contributed by atoms with Crippen LogP contribution in [0.3, 0.4) is 0 Å². The Labute approximate surface area is 154 Å². The number of aromatic nitrogens is 3. The first kappa shape index (κ1) is 18.3. The van der Waals surface area contributed by atoms with E-state index in [1.807, 2.05) is 49.9 Å². The number of hydrogen-bond donors (Lipinski definition) is 1. The number of fused-ring (bicyclic) bond motifs is 1. The first-order chi connectivity index (χ1) is 12.4. The highest BCUT2D eigenvalue weighted by Crippen LogP contribution is 2.28. The fraction of sp³-hybridized carbons (Fsp3) is 0.474. The van der Waals surface area contributed by atoms with Crippen molar-refractivity contribution in [2.75, 3.05) is 25.5 Å². The van der Waals surface area contributed by atoms with Gasteiger partial charge in [0.25, 0.3) is 0 Å². The molecule has 0 spiro atoms. The predicted molar refractivity (Wildman–Crippen MR) is 102 cm³/mol. The van der Waals surface area contributed by atoms with Gasteiger partial charge in [0.1, 0.15) is 5.82 Å². The lowest BCUT2D eigenvalue weighted by Crippen LogP contribution is -2.48. The Kier molecular flexibility index (Phi) is 5.18. The minimum absolute atomic E-state index is 0.0128. The molecular weight excluding hydrogens is 328 g/mol. The molecule has 2 aromatic heterocycles. The number of hydrogen-bond acceptors (Lipinski definition) is 6. The van der Waals surface area contributed by atoms with Crippen molar-refractivity contribution in [3.05, 3.63) is 35.8 Å². The first-order valence-corrected chi connectivity index (χ1v) is 8.90. The van der Waals surface area contributed by atoms with E-state index in [1.54, 1.807) is 12.4 Å². The van der Waals surface area contributed by atoms with E-state index in [0.29, 0.717) is 18.9 Å². The summed E-state index contributed by atoms with van der Waals surface area (Å²) in [7, 11) is 3.95. The molecule has 0 aromatic carbocycles. The van der Waals surface area contributed by atoms with Crippen molar-refractivity contribution in [1.82, 2.24) is 19.9 Å². The topological polar surface area (TPSA) is 88.2 Å². The van der Waals surface area contributed by atoms with Crippen LogP contribution >= 0.6 is 0 Å². The molecule has 2 aromatic rings. The molecule has 0 unspecified atom stereocenters. The molecule has 1 amide bonds. The van der Waals surface area contributed by atoms with E-state index in [-0.39, 0.29) is 11.8 Å². The van der Waals surface area contributed by atoms with Gasteiger partial charge in [-0.05, 0) is 24.5 Å². The van der Waals surface area contributed by atoms with Crippen LogP contribution in [0.5, 0.6) is 0 Å². The van der Waals surface area contributed by atoms with Crippen molar-refractivity contribution < 1.29 is 4.79 Å². The molecule has 0 fully saturated rings. The van der Waals surface area contributed by atoms with Crippen LogP contribution in [0.2, 0.25) is 0 Å². The van der Waals surface area contributed by atoms with Crippen LogP contribution in [0.25, 0.3) is 11.4 Å². The molecule has 7 heteroatoms. The maximum atomic E-state index is 12.7. The summed E-state index contributed by atoms with van der Waals surface area (Å²) in [5.74, 6) is 1.65. The maximum absolute atomic E-state index is 12.7. The Bertz CT molecular complexity index is 790. The summed E-state index contributed by atoms with van der Waals surface area (Å²) >= 11 is 0. The van der Waals surface area contributed by atoms with Crippen LogP contribution in [0, 0.1) is 5.92 Å². The highest BCUT2D eigenvalue weighted by Gasteiger charge is 2.29. The van der Waals surface area contributed by atoms with Crippen molar-refractivity contribution >= 4 is 11.7 Å². The Hall–Kier alpha value is -2.54. The summed E-state index contributed by atoms with van der Waals surface area (Å²) in [6.07, 6.45) is 4.19. The van der Waals surface area contributed by atoms with Crippen LogP contribution in [-0.2, 0) is 17.8 Å². The SMILES string of the molecule is CC(C)[C@@H](N)C(=O)N1CCc2c(nc(-c3ccncc3)nc2N(C)C)C1. The van der Waals surface area contributed by atoms with Crippen LogP contribution in [-0.4, -0.2) is 52.4 Å². The molecule has 0 aliphatic carbocycles. The van der Waals surface area contributed by atoms with Crippen molar-refractivity contribution in [3.8, 4) is 11.4 Å². The Balaban J connectivity index is 1.98. The van der Waals surface area contributed by atoms with Gasteiger partial charge in [-0.25, -0.2) is 9.97 Å². The molecule has 7 nitrogen and oxygen atoms in total. The quantitative estimate of drug-likeness (QED) is 0.894. The standard InChI is InChI=1S/C19H26N6O/c1-12(2)16(20)19(26)25-10-7-14-15(11-25)22-17(23-18(14)24(3)4)13-5-8-21-9-6-13/h5-6,8-9,12,16H,7,10-11,20H2,1-4H3/t16-/m1/s1. The lowest BCUT2D eigenvalue weighted by Gasteiger charge is -2.33. The number of anilines is 1. The van der Waals surface area contributed by atoms with E-state index < -0.39 is 6.04 Å². The zero-order valence-electron chi connectivity index (χ0n) is 15.8. The molecule has 0 saturated heterocycles. The van der Waals surface area contributed by atoms with Gasteiger partial charge < -0.3 is 15.5 Å². The summed E-state index contributed by atoms with van der Waals surface area (Å²) in [6, 6.07) is 3.30. The van der Waals surface area contributed by atoms with E-state index in [0.717, 1.165) is 29.1 Å². The van der Waals surface area contributed by atoms with Gasteiger partial charge in [0.15, 0.2) is 5.82 Å². The van der Waals surface area contributed by atoms with Gasteiger partial charge in [-0.2, -0.15) is 0 Å². The first-order valence-electron chi connectivity index (χ1n) is 8.90. The third kappa shape index (κ3) is 3.53. The van der Waals surface area contributed by atoms with Gasteiger partial charge in [-0.1, -0.05) is 13.8 Å². The molecule has 3 rings (SSSR count). The minimum atomic E-state index is -0.480. The fourth-order valence-electron chi connectivity index (χ4n) is 3.09. The van der Waals surface area contributed by atoms with Crippen molar-refractivity contribution in [2.45, 2.75) is 32.9 Å². The van der Waals surface area contributed by atoms with E-state index in [4.69, 9.17) is 15.7 Å². The Morgan fingerprint density at radius 2 is 1.92 bits per heavy atom. The van der Waals surface area contributed by atoms with Crippen LogP contribution in [0.1, 0.15) is 25.1 Å². The van der Waals surface area contributed by atoms with Crippen LogP contribution in [0.4, 0.5) is 5.82 Å². The molecule has 1 aliphatic rings. The van der Waals surface area contributed by atoms with Gasteiger partial charge in [-0.3, -0.25) is 9.78 Å². The highest BCUT2D eigenvalue weighted by atomic mass is 16.2. The third-order valence-electron chi connectivity index (χ3n) is 4.72. The summed E-state index contributed by atoms with van der Waals surface area (Å²) in [6.45, 7) is 5.05. The molecule has 3 heterocycles. The van der Waals surface area contributed by atoms with Gasteiger partial charge in [0.05, 0.1) is 18.3 Å². The average Bonchev–Trinajstić information content (AvgIpc) is 2.65. The number of nitrogens with zero attached hydrogens (tertiary/aromatic N) is 5. The predicted octanol–water partition coefficient (Wildman–Crippen LogP) is 1.47. The van der Waals surface area contributed by atoms with E-state index in [2.05, 4.69) is 4.98 Å². The van der Waals surface area contributed by atoms with Gasteiger partial charge in [-0.15, -0.1) is 0 Å². The number of rotatable bonds is 4. The largest absolute Gasteiger partial charge is 0.362 e. The van der Waals surface area contributed by atoms with Crippen molar-refractivity contribution in [2.24, 2.45) is 11.7 Å².